The van der Waals surface area contributed by atoms with Gasteiger partial charge < -0.3 is 16.0 Å². The molecule has 0 saturated heterocycles. The number of hydrogen-bond acceptors (Lipinski definition) is 8. The normalized spacial score (nSPS) is 10.8. The highest BCUT2D eigenvalue weighted by atomic mass is 32.1. The number of amides is 1. The topological polar surface area (TPSA) is 139 Å². The van der Waals surface area contributed by atoms with E-state index in [-0.39, 0.29) is 29.0 Å². The molecular weight excluding hydrogens is 430 g/mol. The molecule has 32 heavy (non-hydrogen) atoms. The van der Waals surface area contributed by atoms with Gasteiger partial charge in [-0.2, -0.15) is 0 Å². The number of H-pyrrole nitrogens is 1. The van der Waals surface area contributed by atoms with E-state index < -0.39 is 11.2 Å². The van der Waals surface area contributed by atoms with E-state index in [9.17, 15) is 14.4 Å². The van der Waals surface area contributed by atoms with Crippen LogP contribution in [0.1, 0.15) is 47.1 Å². The average molecular weight is 458 g/mol. The van der Waals surface area contributed by atoms with Crippen LogP contribution in [0.15, 0.2) is 33.9 Å². The summed E-state index contributed by atoms with van der Waals surface area (Å²) in [5.41, 5.74) is 7.08. The molecule has 4 N–H and O–H groups in total. The molecule has 0 aliphatic carbocycles. The number of nitrogens with zero attached hydrogens (tertiary/aromatic N) is 4. The first-order valence-corrected chi connectivity index (χ1v) is 11.2. The molecule has 3 rings (SSSR count). The number of rotatable bonds is 9. The quantitative estimate of drug-likeness (QED) is 0.448. The first-order valence-electron chi connectivity index (χ1n) is 10.4. The molecular formula is C21H27N7O3S. The van der Waals surface area contributed by atoms with E-state index in [0.717, 1.165) is 30.6 Å². The number of nitrogens with two attached hydrogens (primary N) is 1. The van der Waals surface area contributed by atoms with Crippen LogP contribution in [0.4, 0.5) is 17.2 Å². The van der Waals surface area contributed by atoms with Crippen molar-refractivity contribution < 1.29 is 4.79 Å². The van der Waals surface area contributed by atoms with Crippen LogP contribution in [0.3, 0.4) is 0 Å². The second-order valence-corrected chi connectivity index (χ2v) is 8.42. The van der Waals surface area contributed by atoms with Gasteiger partial charge in [0.25, 0.3) is 11.5 Å². The summed E-state index contributed by atoms with van der Waals surface area (Å²) in [6.07, 6.45) is 2.56. The Morgan fingerprint density at radius 2 is 1.94 bits per heavy atom. The fourth-order valence-electron chi connectivity index (χ4n) is 3.18. The van der Waals surface area contributed by atoms with Gasteiger partial charge in [-0.3, -0.25) is 19.1 Å². The molecule has 1 aromatic carbocycles. The molecule has 0 aliphatic rings. The van der Waals surface area contributed by atoms with Crippen molar-refractivity contribution in [2.75, 3.05) is 23.0 Å². The lowest BCUT2D eigenvalue weighted by molar-refractivity contribution is 0.102. The minimum atomic E-state index is -0.569. The number of nitrogens with one attached hydrogen (secondary N) is 2. The Bertz CT molecular complexity index is 1200. The van der Waals surface area contributed by atoms with Crippen molar-refractivity contribution in [3.8, 4) is 0 Å². The van der Waals surface area contributed by atoms with Crippen molar-refractivity contribution in [1.29, 1.82) is 0 Å². The summed E-state index contributed by atoms with van der Waals surface area (Å²) >= 11 is 1.13. The van der Waals surface area contributed by atoms with Gasteiger partial charge in [0.15, 0.2) is 0 Å². The largest absolute Gasteiger partial charge is 0.383 e. The highest BCUT2D eigenvalue weighted by Gasteiger charge is 2.19. The standard InChI is InChI=1S/C21H27N7O3S/c1-4-6-11-28-17(22)16(18(29)24-21(28)31)27(3)12-15-25-26-20(32-15)19(30)23-14-9-7-13(5-2)8-10-14/h7-10H,4-6,11-12,22H2,1-3H3,(H,23,30)(H,24,29,31). The fourth-order valence-corrected chi connectivity index (χ4v) is 3.97. The lowest BCUT2D eigenvalue weighted by atomic mass is 10.1. The SMILES string of the molecule is CCCCn1c(N)c(N(C)Cc2nnc(C(=O)Nc3ccc(CC)cc3)s2)c(=O)[nH]c1=O. The van der Waals surface area contributed by atoms with Crippen LogP contribution in [0.25, 0.3) is 0 Å². The predicted molar refractivity (Wildman–Crippen MR) is 126 cm³/mol. The maximum absolute atomic E-state index is 12.5. The highest BCUT2D eigenvalue weighted by molar-refractivity contribution is 7.13. The van der Waals surface area contributed by atoms with Gasteiger partial charge in [-0.1, -0.05) is 43.7 Å². The Labute approximate surface area is 189 Å². The third kappa shape index (κ3) is 5.22. The molecule has 0 bridgehead atoms. The minimum absolute atomic E-state index is 0.104. The lowest BCUT2D eigenvalue weighted by Gasteiger charge is -2.20. The van der Waals surface area contributed by atoms with Crippen molar-refractivity contribution in [2.24, 2.45) is 0 Å². The summed E-state index contributed by atoms with van der Waals surface area (Å²) in [7, 11) is 1.67. The third-order valence-corrected chi connectivity index (χ3v) is 5.89. The molecule has 170 valence electrons. The van der Waals surface area contributed by atoms with E-state index in [2.05, 4.69) is 27.4 Å². The first-order chi connectivity index (χ1) is 15.3. The number of benzene rings is 1. The fraction of sp³-hybridized carbons (Fsp3) is 0.381. The molecule has 11 heteroatoms. The van der Waals surface area contributed by atoms with Crippen LogP contribution >= 0.6 is 11.3 Å². The summed E-state index contributed by atoms with van der Waals surface area (Å²) in [5, 5.41) is 11.6. The number of carbonyl (C=O) groups is 1. The molecule has 1 amide bonds. The number of aromatic nitrogens is 4. The van der Waals surface area contributed by atoms with Crippen molar-refractivity contribution >= 4 is 34.4 Å². The number of aryl methyl sites for hydroxylation is 1. The first kappa shape index (κ1) is 23.2. The minimum Gasteiger partial charge on any atom is -0.383 e. The summed E-state index contributed by atoms with van der Waals surface area (Å²) in [4.78, 5) is 40.9. The van der Waals surface area contributed by atoms with Gasteiger partial charge in [0, 0.05) is 19.3 Å². The van der Waals surface area contributed by atoms with Gasteiger partial charge >= 0.3 is 5.69 Å². The maximum Gasteiger partial charge on any atom is 0.330 e. The van der Waals surface area contributed by atoms with Gasteiger partial charge in [-0.25, -0.2) is 4.79 Å². The monoisotopic (exact) mass is 457 g/mol. The predicted octanol–water partition coefficient (Wildman–Crippen LogP) is 2.22. The summed E-state index contributed by atoms with van der Waals surface area (Å²) in [6.45, 7) is 4.69. The van der Waals surface area contributed by atoms with Crippen LogP contribution in [0.2, 0.25) is 0 Å². The van der Waals surface area contributed by atoms with Crippen molar-refractivity contribution in [3.05, 3.63) is 60.7 Å². The zero-order chi connectivity index (χ0) is 23.3. The molecule has 2 heterocycles. The molecule has 0 aliphatic heterocycles. The van der Waals surface area contributed by atoms with E-state index in [0.29, 0.717) is 17.2 Å². The maximum atomic E-state index is 12.5. The Morgan fingerprint density at radius 1 is 1.22 bits per heavy atom. The van der Waals surface area contributed by atoms with Gasteiger partial charge in [0.05, 0.1) is 6.54 Å². The summed E-state index contributed by atoms with van der Waals surface area (Å²) < 4.78 is 1.36. The second-order valence-electron chi connectivity index (χ2n) is 7.36. The zero-order valence-corrected chi connectivity index (χ0v) is 19.2. The average Bonchev–Trinajstić information content (AvgIpc) is 3.22. The van der Waals surface area contributed by atoms with E-state index in [1.54, 1.807) is 11.9 Å². The number of carbonyl (C=O) groups excluding carboxylic acids is 1. The molecule has 0 saturated carbocycles. The molecule has 3 aromatic rings. The molecule has 2 aromatic heterocycles. The van der Waals surface area contributed by atoms with Gasteiger partial charge in [-0.05, 0) is 30.5 Å². The number of hydrogen-bond donors (Lipinski definition) is 3. The number of aromatic amines is 1. The number of unbranched alkanes of at least 4 members (excludes halogenated alkanes) is 1. The molecule has 0 unspecified atom stereocenters. The molecule has 0 spiro atoms. The van der Waals surface area contributed by atoms with E-state index in [1.807, 2.05) is 31.2 Å². The Kier molecular flexibility index (Phi) is 7.41. The van der Waals surface area contributed by atoms with Gasteiger partial charge in [0.1, 0.15) is 16.5 Å². The van der Waals surface area contributed by atoms with Crippen LogP contribution < -0.4 is 27.2 Å². The van der Waals surface area contributed by atoms with Crippen LogP contribution in [-0.2, 0) is 19.5 Å². The van der Waals surface area contributed by atoms with Crippen LogP contribution in [0.5, 0.6) is 0 Å². The zero-order valence-electron chi connectivity index (χ0n) is 18.3. The Morgan fingerprint density at radius 3 is 2.59 bits per heavy atom. The summed E-state index contributed by atoms with van der Waals surface area (Å²) in [6, 6.07) is 7.60. The van der Waals surface area contributed by atoms with E-state index >= 15 is 0 Å². The van der Waals surface area contributed by atoms with Gasteiger partial charge in [-0.15, -0.1) is 10.2 Å². The van der Waals surface area contributed by atoms with E-state index in [4.69, 9.17) is 5.73 Å². The molecule has 10 nitrogen and oxygen atoms in total. The van der Waals surface area contributed by atoms with Crippen molar-refractivity contribution in [1.82, 2.24) is 19.7 Å². The van der Waals surface area contributed by atoms with Crippen molar-refractivity contribution in [2.45, 2.75) is 46.2 Å². The number of anilines is 3. The van der Waals surface area contributed by atoms with Crippen molar-refractivity contribution in [3.63, 3.8) is 0 Å². The summed E-state index contributed by atoms with van der Waals surface area (Å²) in [5.74, 6) is -0.251. The Balaban J connectivity index is 1.74. The smallest absolute Gasteiger partial charge is 0.330 e. The van der Waals surface area contributed by atoms with Crippen LogP contribution in [0, 0.1) is 0 Å². The van der Waals surface area contributed by atoms with E-state index in [1.165, 1.54) is 10.1 Å². The second kappa shape index (κ2) is 10.2. The van der Waals surface area contributed by atoms with Gasteiger partial charge in [0.2, 0.25) is 5.01 Å². The van der Waals surface area contributed by atoms with Crippen LogP contribution in [-0.4, -0.2) is 32.7 Å². The molecule has 0 fully saturated rings. The molecule has 0 atom stereocenters. The lowest BCUT2D eigenvalue weighted by Crippen LogP contribution is -2.37. The number of nitrogen functional groups attached to an aromatic ring is 1. The molecule has 0 radical (unpaired) electrons. The Hall–Kier alpha value is -3.47. The third-order valence-electron chi connectivity index (χ3n) is 4.98. The highest BCUT2D eigenvalue weighted by Crippen LogP contribution is 2.20.